The Kier molecular flexibility index (Phi) is 6.72. The SMILES string of the molecule is CCCn1c(C)cc(/C=C(\C#N)C(=O)Nc2ccccc2OC(F)F)c1C. The number of aryl methyl sites for hydroxylation is 1. The minimum absolute atomic E-state index is 0.0698. The molecule has 1 aromatic heterocycles. The number of nitriles is 1. The highest BCUT2D eigenvalue weighted by Gasteiger charge is 2.16. The number of amides is 1. The predicted molar refractivity (Wildman–Crippen MR) is 99.5 cm³/mol. The van der Waals surface area contributed by atoms with E-state index in [0.717, 1.165) is 29.9 Å². The van der Waals surface area contributed by atoms with Crippen molar-refractivity contribution >= 4 is 17.7 Å². The number of rotatable bonds is 7. The lowest BCUT2D eigenvalue weighted by atomic mass is 10.1. The van der Waals surface area contributed by atoms with Gasteiger partial charge in [-0.05, 0) is 50.1 Å². The maximum absolute atomic E-state index is 12.5. The van der Waals surface area contributed by atoms with E-state index in [9.17, 15) is 18.8 Å². The van der Waals surface area contributed by atoms with Crippen LogP contribution in [0.5, 0.6) is 5.75 Å². The zero-order valence-corrected chi connectivity index (χ0v) is 15.4. The van der Waals surface area contributed by atoms with Crippen LogP contribution in [0, 0.1) is 25.2 Å². The van der Waals surface area contributed by atoms with Crippen LogP contribution >= 0.6 is 0 Å². The van der Waals surface area contributed by atoms with Crippen LogP contribution in [0.4, 0.5) is 14.5 Å². The van der Waals surface area contributed by atoms with E-state index in [1.807, 2.05) is 26.0 Å². The number of para-hydroxylation sites is 2. The summed E-state index contributed by atoms with van der Waals surface area (Å²) in [5.41, 5.74) is 2.70. The van der Waals surface area contributed by atoms with Crippen LogP contribution in [0.15, 0.2) is 35.9 Å². The van der Waals surface area contributed by atoms with Crippen molar-refractivity contribution < 1.29 is 18.3 Å². The molecule has 0 atom stereocenters. The Balaban J connectivity index is 2.29. The van der Waals surface area contributed by atoms with Gasteiger partial charge in [0, 0.05) is 17.9 Å². The molecule has 0 bridgehead atoms. The maximum Gasteiger partial charge on any atom is 0.387 e. The van der Waals surface area contributed by atoms with E-state index in [1.54, 1.807) is 6.07 Å². The molecule has 0 aliphatic rings. The van der Waals surface area contributed by atoms with Gasteiger partial charge in [0.05, 0.1) is 5.69 Å². The second-order valence-corrected chi connectivity index (χ2v) is 5.98. The van der Waals surface area contributed by atoms with E-state index in [1.165, 1.54) is 24.3 Å². The third kappa shape index (κ3) is 4.94. The van der Waals surface area contributed by atoms with Gasteiger partial charge in [-0.2, -0.15) is 14.0 Å². The van der Waals surface area contributed by atoms with Crippen LogP contribution in [0.25, 0.3) is 6.08 Å². The van der Waals surface area contributed by atoms with Gasteiger partial charge in [0.15, 0.2) is 0 Å². The highest BCUT2D eigenvalue weighted by Crippen LogP contribution is 2.26. The molecule has 1 aromatic carbocycles. The van der Waals surface area contributed by atoms with Crippen molar-refractivity contribution in [3.63, 3.8) is 0 Å². The number of alkyl halides is 2. The molecule has 0 saturated heterocycles. The molecular formula is C20H21F2N3O2. The van der Waals surface area contributed by atoms with Crippen molar-refractivity contribution in [2.75, 3.05) is 5.32 Å². The fraction of sp³-hybridized carbons (Fsp3) is 0.300. The second kappa shape index (κ2) is 8.99. The number of anilines is 1. The Hall–Kier alpha value is -3.14. The van der Waals surface area contributed by atoms with Gasteiger partial charge in [-0.15, -0.1) is 0 Å². The summed E-state index contributed by atoms with van der Waals surface area (Å²) < 4.78 is 31.5. The summed E-state index contributed by atoms with van der Waals surface area (Å²) in [5.74, 6) is -0.859. The van der Waals surface area contributed by atoms with Crippen molar-refractivity contribution in [1.82, 2.24) is 4.57 Å². The number of nitrogens with zero attached hydrogens (tertiary/aromatic N) is 2. The Morgan fingerprint density at radius 1 is 1.37 bits per heavy atom. The molecule has 0 aliphatic heterocycles. The predicted octanol–water partition coefficient (Wildman–Crippen LogP) is 4.66. The standard InChI is InChI=1S/C20H21F2N3O2/c1-4-9-25-13(2)10-15(14(25)3)11-16(12-23)19(26)24-17-7-5-6-8-18(17)27-20(21)22/h5-8,10-11,20H,4,9H2,1-3H3,(H,24,26)/b16-11+. The van der Waals surface area contributed by atoms with Gasteiger partial charge in [0.25, 0.3) is 5.91 Å². The first kappa shape index (κ1) is 20.2. The number of aromatic nitrogens is 1. The summed E-state index contributed by atoms with van der Waals surface area (Å²) in [6.45, 7) is 3.79. The molecule has 1 amide bonds. The van der Waals surface area contributed by atoms with Crippen LogP contribution < -0.4 is 10.1 Å². The van der Waals surface area contributed by atoms with Gasteiger partial charge in [-0.25, -0.2) is 0 Å². The van der Waals surface area contributed by atoms with Gasteiger partial charge in [-0.3, -0.25) is 4.79 Å². The minimum Gasteiger partial charge on any atom is -0.433 e. The first-order valence-corrected chi connectivity index (χ1v) is 8.51. The molecule has 0 spiro atoms. The highest BCUT2D eigenvalue weighted by atomic mass is 19.3. The summed E-state index contributed by atoms with van der Waals surface area (Å²) in [5, 5.41) is 11.8. The molecule has 1 heterocycles. The van der Waals surface area contributed by atoms with Crippen molar-refractivity contribution in [3.8, 4) is 11.8 Å². The average Bonchev–Trinajstić information content (AvgIpc) is 2.88. The molecule has 5 nitrogen and oxygen atoms in total. The van der Waals surface area contributed by atoms with Crippen molar-refractivity contribution in [3.05, 3.63) is 52.9 Å². The molecule has 0 radical (unpaired) electrons. The lowest BCUT2D eigenvalue weighted by Crippen LogP contribution is -2.15. The number of carbonyl (C=O) groups is 1. The first-order valence-electron chi connectivity index (χ1n) is 8.51. The minimum atomic E-state index is -3.02. The fourth-order valence-electron chi connectivity index (χ4n) is 2.80. The maximum atomic E-state index is 12.5. The Morgan fingerprint density at radius 2 is 2.07 bits per heavy atom. The molecule has 1 N–H and O–H groups in total. The highest BCUT2D eigenvalue weighted by molar-refractivity contribution is 6.10. The monoisotopic (exact) mass is 373 g/mol. The van der Waals surface area contributed by atoms with E-state index in [2.05, 4.69) is 21.5 Å². The fourth-order valence-corrected chi connectivity index (χ4v) is 2.80. The van der Waals surface area contributed by atoms with Gasteiger partial charge in [0.2, 0.25) is 0 Å². The number of carbonyl (C=O) groups excluding carboxylic acids is 1. The third-order valence-corrected chi connectivity index (χ3v) is 4.08. The molecule has 0 fully saturated rings. The molecular weight excluding hydrogens is 352 g/mol. The molecule has 2 aromatic rings. The first-order chi connectivity index (χ1) is 12.9. The number of nitrogens with one attached hydrogen (secondary N) is 1. The van der Waals surface area contributed by atoms with Crippen molar-refractivity contribution in [2.24, 2.45) is 0 Å². The molecule has 0 unspecified atom stereocenters. The molecule has 142 valence electrons. The number of halogens is 2. The summed E-state index contributed by atoms with van der Waals surface area (Å²) in [6.07, 6.45) is 2.46. The zero-order valence-electron chi connectivity index (χ0n) is 15.4. The normalized spacial score (nSPS) is 11.4. The largest absolute Gasteiger partial charge is 0.433 e. The lowest BCUT2D eigenvalue weighted by molar-refractivity contribution is -0.112. The third-order valence-electron chi connectivity index (χ3n) is 4.08. The van der Waals surface area contributed by atoms with Crippen LogP contribution in [-0.4, -0.2) is 17.1 Å². The number of hydrogen-bond acceptors (Lipinski definition) is 3. The molecule has 2 rings (SSSR count). The average molecular weight is 373 g/mol. The summed E-state index contributed by atoms with van der Waals surface area (Å²) in [6, 6.07) is 9.60. The van der Waals surface area contributed by atoms with Gasteiger partial charge in [-0.1, -0.05) is 19.1 Å². The summed E-state index contributed by atoms with van der Waals surface area (Å²) in [4.78, 5) is 12.5. The van der Waals surface area contributed by atoms with Gasteiger partial charge in [0.1, 0.15) is 17.4 Å². The van der Waals surface area contributed by atoms with Crippen LogP contribution in [0.1, 0.15) is 30.3 Å². The van der Waals surface area contributed by atoms with E-state index < -0.39 is 12.5 Å². The number of hydrogen-bond donors (Lipinski definition) is 1. The van der Waals surface area contributed by atoms with Crippen LogP contribution in [-0.2, 0) is 11.3 Å². The van der Waals surface area contributed by atoms with E-state index in [4.69, 9.17) is 0 Å². The Labute approximate surface area is 156 Å². The van der Waals surface area contributed by atoms with E-state index in [0.29, 0.717) is 0 Å². The quantitative estimate of drug-likeness (QED) is 0.567. The van der Waals surface area contributed by atoms with Crippen molar-refractivity contribution in [2.45, 2.75) is 40.3 Å². The molecule has 27 heavy (non-hydrogen) atoms. The molecule has 0 aliphatic carbocycles. The smallest absolute Gasteiger partial charge is 0.387 e. The van der Waals surface area contributed by atoms with Crippen molar-refractivity contribution in [1.29, 1.82) is 5.26 Å². The number of benzene rings is 1. The molecule has 7 heteroatoms. The lowest BCUT2D eigenvalue weighted by Gasteiger charge is -2.11. The second-order valence-electron chi connectivity index (χ2n) is 5.98. The van der Waals surface area contributed by atoms with Gasteiger partial charge >= 0.3 is 6.61 Å². The molecule has 0 saturated carbocycles. The Bertz CT molecular complexity index is 895. The summed E-state index contributed by atoms with van der Waals surface area (Å²) >= 11 is 0. The van der Waals surface area contributed by atoms with Crippen LogP contribution in [0.2, 0.25) is 0 Å². The van der Waals surface area contributed by atoms with Crippen LogP contribution in [0.3, 0.4) is 0 Å². The van der Waals surface area contributed by atoms with E-state index >= 15 is 0 Å². The summed E-state index contributed by atoms with van der Waals surface area (Å²) in [7, 11) is 0. The van der Waals surface area contributed by atoms with E-state index in [-0.39, 0.29) is 17.0 Å². The zero-order chi connectivity index (χ0) is 20.0. The Morgan fingerprint density at radius 3 is 2.70 bits per heavy atom. The number of ether oxygens (including phenoxy) is 1. The topological polar surface area (TPSA) is 67.0 Å². The van der Waals surface area contributed by atoms with Gasteiger partial charge < -0.3 is 14.6 Å².